The number of nitrogens with one attached hydrogen (secondary N) is 3. The lowest BCUT2D eigenvalue weighted by molar-refractivity contribution is -0.116. The van der Waals surface area contributed by atoms with Gasteiger partial charge >= 0.3 is 0 Å². The molecule has 2 saturated carbocycles. The minimum Gasteiger partial charge on any atom is -0.357 e. The van der Waals surface area contributed by atoms with Crippen LogP contribution in [0.1, 0.15) is 0 Å². The molecule has 21 heavy (non-hydrogen) atoms. The number of hydrogen-bond acceptors (Lipinski definition) is 5. The van der Waals surface area contributed by atoms with E-state index in [-0.39, 0.29) is 11.9 Å². The number of nitrogens with zero attached hydrogens (tertiary/aromatic N) is 2. The maximum absolute atomic E-state index is 11.3. The predicted octanol–water partition coefficient (Wildman–Crippen LogP) is -0.495. The van der Waals surface area contributed by atoms with Crippen LogP contribution in [0.15, 0.2) is 41.9 Å². The third-order valence-electron chi connectivity index (χ3n) is 5.56. The summed E-state index contributed by atoms with van der Waals surface area (Å²) in [7, 11) is 0. The van der Waals surface area contributed by atoms with Gasteiger partial charge in [-0.15, -0.1) is 0 Å². The number of amidine groups is 1. The number of rotatable bonds is 4. The summed E-state index contributed by atoms with van der Waals surface area (Å²) in [4.78, 5) is 18.3. The lowest BCUT2D eigenvalue weighted by Crippen LogP contribution is -2.43. The molecule has 6 nitrogen and oxygen atoms in total. The fraction of sp³-hybridized carbons (Fsp3) is 0.467. The van der Waals surface area contributed by atoms with Crippen molar-refractivity contribution in [3.8, 4) is 0 Å². The molecule has 3 unspecified atom stereocenters. The first-order chi connectivity index (χ1) is 10.2. The molecule has 4 heterocycles. The number of piperidine rings is 1. The predicted molar refractivity (Wildman–Crippen MR) is 77.8 cm³/mol. The SMILES string of the molecule is C=CC(=O)NCC12CN(C3=CN=C4NC=CC4N3)C3C1C32. The molecule has 2 aliphatic carbocycles. The Bertz CT molecular complexity index is 638. The highest BCUT2D eigenvalue weighted by Gasteiger charge is 2.90. The van der Waals surface area contributed by atoms with Crippen molar-refractivity contribution >= 4 is 11.7 Å². The van der Waals surface area contributed by atoms with Gasteiger partial charge in [0.15, 0.2) is 0 Å². The second-order valence-electron chi connectivity index (χ2n) is 6.48. The Balaban J connectivity index is 1.29. The van der Waals surface area contributed by atoms with Gasteiger partial charge in [-0.3, -0.25) is 4.79 Å². The van der Waals surface area contributed by atoms with Crippen LogP contribution in [0.25, 0.3) is 0 Å². The zero-order valence-electron chi connectivity index (χ0n) is 11.5. The molecule has 2 bridgehead atoms. The average Bonchev–Trinajstić information content (AvgIpc) is 3.19. The molecule has 2 saturated heterocycles. The molecular weight excluding hydrogens is 266 g/mol. The molecule has 0 spiro atoms. The van der Waals surface area contributed by atoms with Crippen LogP contribution >= 0.6 is 0 Å². The van der Waals surface area contributed by atoms with Crippen molar-refractivity contribution in [1.82, 2.24) is 20.9 Å². The van der Waals surface area contributed by atoms with E-state index in [0.717, 1.165) is 36.6 Å². The van der Waals surface area contributed by atoms with E-state index in [0.29, 0.717) is 11.5 Å². The van der Waals surface area contributed by atoms with Crippen LogP contribution in [-0.4, -0.2) is 41.8 Å². The number of amides is 1. The molecule has 0 aromatic heterocycles. The van der Waals surface area contributed by atoms with Crippen LogP contribution in [0, 0.1) is 17.3 Å². The van der Waals surface area contributed by atoms with Gasteiger partial charge in [0.2, 0.25) is 5.91 Å². The third-order valence-corrected chi connectivity index (χ3v) is 5.56. The molecule has 3 atom stereocenters. The van der Waals surface area contributed by atoms with Crippen molar-refractivity contribution in [1.29, 1.82) is 0 Å². The smallest absolute Gasteiger partial charge is 0.243 e. The number of hydrogen-bond donors (Lipinski definition) is 3. The summed E-state index contributed by atoms with van der Waals surface area (Å²) in [6.45, 7) is 5.28. The highest BCUT2D eigenvalue weighted by Crippen LogP contribution is 2.84. The quantitative estimate of drug-likeness (QED) is 0.609. The van der Waals surface area contributed by atoms with E-state index in [1.165, 1.54) is 6.08 Å². The topological polar surface area (TPSA) is 68.8 Å². The molecule has 0 aromatic carbocycles. The maximum atomic E-state index is 11.3. The van der Waals surface area contributed by atoms with Crippen molar-refractivity contribution < 1.29 is 4.79 Å². The molecule has 108 valence electrons. The molecule has 0 aromatic rings. The van der Waals surface area contributed by atoms with Gasteiger partial charge in [0.25, 0.3) is 0 Å². The zero-order chi connectivity index (χ0) is 14.2. The fourth-order valence-electron chi connectivity index (χ4n) is 4.42. The largest absolute Gasteiger partial charge is 0.357 e. The highest BCUT2D eigenvalue weighted by molar-refractivity contribution is 5.93. The van der Waals surface area contributed by atoms with Gasteiger partial charge < -0.3 is 20.9 Å². The summed E-state index contributed by atoms with van der Waals surface area (Å²) in [6, 6.07) is 0.827. The summed E-state index contributed by atoms with van der Waals surface area (Å²) in [5.74, 6) is 3.52. The summed E-state index contributed by atoms with van der Waals surface area (Å²) in [6.07, 6.45) is 7.27. The Morgan fingerprint density at radius 3 is 3.29 bits per heavy atom. The van der Waals surface area contributed by atoms with Crippen LogP contribution in [0.4, 0.5) is 0 Å². The first-order valence-electron chi connectivity index (χ1n) is 7.39. The Labute approximate surface area is 122 Å². The van der Waals surface area contributed by atoms with Gasteiger partial charge in [0.05, 0.1) is 6.20 Å². The number of carbonyl (C=O) groups is 1. The summed E-state index contributed by atoms with van der Waals surface area (Å²) < 4.78 is 0. The summed E-state index contributed by atoms with van der Waals surface area (Å²) >= 11 is 0. The Morgan fingerprint density at radius 2 is 2.48 bits per heavy atom. The summed E-state index contributed by atoms with van der Waals surface area (Å²) in [5.41, 5.74) is 0.305. The maximum Gasteiger partial charge on any atom is 0.243 e. The van der Waals surface area contributed by atoms with Crippen molar-refractivity contribution in [3.05, 3.63) is 37.0 Å². The van der Waals surface area contributed by atoms with Crippen LogP contribution in [0.5, 0.6) is 0 Å². The number of aliphatic imine (C=N–C) groups is 1. The zero-order valence-corrected chi connectivity index (χ0v) is 11.5. The number of fused-ring (bicyclic) bond motifs is 2. The normalized spacial score (nSPS) is 43.0. The van der Waals surface area contributed by atoms with E-state index in [4.69, 9.17) is 0 Å². The first kappa shape index (κ1) is 11.4. The first-order valence-corrected chi connectivity index (χ1v) is 7.39. The van der Waals surface area contributed by atoms with Gasteiger partial charge in [-0.05, 0) is 24.0 Å². The van der Waals surface area contributed by atoms with E-state index in [9.17, 15) is 4.79 Å². The van der Waals surface area contributed by atoms with Gasteiger partial charge in [-0.2, -0.15) is 0 Å². The second kappa shape index (κ2) is 3.50. The molecule has 0 radical (unpaired) electrons. The lowest BCUT2D eigenvalue weighted by atomic mass is 9.97. The molecule has 6 heteroatoms. The Hall–Kier alpha value is -2.24. The van der Waals surface area contributed by atoms with Crippen LogP contribution in [0.3, 0.4) is 0 Å². The third kappa shape index (κ3) is 1.32. The van der Waals surface area contributed by atoms with E-state index in [1.807, 2.05) is 12.4 Å². The van der Waals surface area contributed by atoms with E-state index < -0.39 is 0 Å². The van der Waals surface area contributed by atoms with Crippen LogP contribution < -0.4 is 16.0 Å². The van der Waals surface area contributed by atoms with Gasteiger partial charge in [-0.25, -0.2) is 4.99 Å². The summed E-state index contributed by atoms with van der Waals surface area (Å²) in [5, 5.41) is 9.62. The van der Waals surface area contributed by atoms with Crippen LogP contribution in [0.2, 0.25) is 0 Å². The molecule has 4 fully saturated rings. The van der Waals surface area contributed by atoms with E-state index in [2.05, 4.69) is 38.5 Å². The van der Waals surface area contributed by atoms with Crippen LogP contribution in [-0.2, 0) is 4.79 Å². The second-order valence-corrected chi connectivity index (χ2v) is 6.48. The average molecular weight is 283 g/mol. The molecular formula is C15H17N5O. The molecule has 3 N–H and O–H groups in total. The minimum atomic E-state index is -0.0721. The van der Waals surface area contributed by atoms with Gasteiger partial charge in [0.1, 0.15) is 17.7 Å². The monoisotopic (exact) mass is 283 g/mol. The van der Waals surface area contributed by atoms with Crippen molar-refractivity contribution in [3.63, 3.8) is 0 Å². The van der Waals surface area contributed by atoms with Crippen molar-refractivity contribution in [2.75, 3.05) is 13.1 Å². The standard InChI is InChI=1S/C15H17N5O/c1-2-10(21)18-6-15-7-20(13-11(15)12(13)15)9-5-17-14-8(19-9)3-4-16-14/h2-5,8,11-13,19H,1,6-7H2,(H,16,17)(H,18,21). The molecule has 6 aliphatic rings. The highest BCUT2D eigenvalue weighted by atomic mass is 16.1. The number of carbonyl (C=O) groups excluding carboxylic acids is 1. The van der Waals surface area contributed by atoms with E-state index >= 15 is 0 Å². The van der Waals surface area contributed by atoms with Gasteiger partial charge in [0, 0.05) is 30.7 Å². The minimum absolute atomic E-state index is 0.0721. The van der Waals surface area contributed by atoms with E-state index in [1.54, 1.807) is 0 Å². The fourth-order valence-corrected chi connectivity index (χ4v) is 4.42. The molecule has 1 amide bonds. The Kier molecular flexibility index (Phi) is 1.90. The van der Waals surface area contributed by atoms with Crippen molar-refractivity contribution in [2.24, 2.45) is 22.2 Å². The molecule has 4 aliphatic heterocycles. The van der Waals surface area contributed by atoms with Gasteiger partial charge in [-0.1, -0.05) is 6.58 Å². The van der Waals surface area contributed by atoms with Crippen molar-refractivity contribution in [2.45, 2.75) is 12.1 Å². The molecule has 6 rings (SSSR count). The lowest BCUT2D eigenvalue weighted by Gasteiger charge is -2.28. The Morgan fingerprint density at radius 1 is 1.62 bits per heavy atom.